The maximum Gasteiger partial charge on any atom is 0.276 e. The van der Waals surface area contributed by atoms with Gasteiger partial charge in [0.2, 0.25) is 5.91 Å². The van der Waals surface area contributed by atoms with Crippen molar-refractivity contribution in [1.29, 1.82) is 0 Å². The lowest BCUT2D eigenvalue weighted by Gasteiger charge is -2.11. The van der Waals surface area contributed by atoms with Crippen molar-refractivity contribution in [2.45, 2.75) is 6.42 Å². The van der Waals surface area contributed by atoms with Crippen LogP contribution in [0, 0.1) is 11.6 Å². The van der Waals surface area contributed by atoms with E-state index in [1.54, 1.807) is 24.3 Å². The van der Waals surface area contributed by atoms with Gasteiger partial charge >= 0.3 is 0 Å². The highest BCUT2D eigenvalue weighted by atomic mass is 19.1. The number of carbonyl (C=O) groups excluding carboxylic acids is 2. The van der Waals surface area contributed by atoms with E-state index in [1.807, 2.05) is 5.43 Å². The third-order valence-corrected chi connectivity index (χ3v) is 3.12. The molecule has 2 aromatic carbocycles. The second-order valence-electron chi connectivity index (χ2n) is 4.77. The van der Waals surface area contributed by atoms with Crippen LogP contribution in [0.5, 0.6) is 11.5 Å². The second kappa shape index (κ2) is 7.40. The Balaban J connectivity index is 2.00. The van der Waals surface area contributed by atoms with Gasteiger partial charge in [-0.25, -0.2) is 8.78 Å². The van der Waals surface area contributed by atoms with Gasteiger partial charge in [0.05, 0.1) is 13.5 Å². The van der Waals surface area contributed by atoms with Crippen LogP contribution in [-0.2, 0) is 11.2 Å². The number of hydrogen-bond donors (Lipinski definition) is 3. The number of amides is 2. The molecule has 0 bridgehead atoms. The number of carbonyl (C=O) groups is 2. The molecule has 8 heteroatoms. The predicted molar refractivity (Wildman–Crippen MR) is 80.3 cm³/mol. The SMILES string of the molecule is COc1ccccc1CC(=O)NNC(=O)c1c(O)cc(F)cc1F. The molecule has 0 atom stereocenters. The van der Waals surface area contributed by atoms with Crippen LogP contribution in [0.1, 0.15) is 15.9 Å². The van der Waals surface area contributed by atoms with E-state index in [0.29, 0.717) is 23.4 Å². The fraction of sp³-hybridized carbons (Fsp3) is 0.125. The minimum atomic E-state index is -1.25. The van der Waals surface area contributed by atoms with Crippen LogP contribution in [0.4, 0.5) is 8.78 Å². The van der Waals surface area contributed by atoms with Crippen LogP contribution < -0.4 is 15.6 Å². The van der Waals surface area contributed by atoms with Crippen molar-refractivity contribution in [3.63, 3.8) is 0 Å². The summed E-state index contributed by atoms with van der Waals surface area (Å²) in [4.78, 5) is 23.6. The summed E-state index contributed by atoms with van der Waals surface area (Å²) in [7, 11) is 1.46. The van der Waals surface area contributed by atoms with Crippen LogP contribution >= 0.6 is 0 Å². The molecule has 0 saturated heterocycles. The molecule has 0 heterocycles. The van der Waals surface area contributed by atoms with Gasteiger partial charge in [0, 0.05) is 17.7 Å². The van der Waals surface area contributed by atoms with Crippen molar-refractivity contribution in [2.24, 2.45) is 0 Å². The Morgan fingerprint density at radius 3 is 2.54 bits per heavy atom. The summed E-state index contributed by atoms with van der Waals surface area (Å²) in [5, 5.41) is 9.44. The number of phenolic OH excluding ortho intramolecular Hbond substituents is 1. The summed E-state index contributed by atoms with van der Waals surface area (Å²) in [6.07, 6.45) is -0.0951. The first-order valence-corrected chi connectivity index (χ1v) is 6.81. The van der Waals surface area contributed by atoms with Crippen LogP contribution in [-0.4, -0.2) is 24.0 Å². The van der Waals surface area contributed by atoms with Crippen molar-refractivity contribution in [3.8, 4) is 11.5 Å². The molecule has 0 aliphatic carbocycles. The molecule has 24 heavy (non-hydrogen) atoms. The van der Waals surface area contributed by atoms with E-state index in [2.05, 4.69) is 5.43 Å². The Morgan fingerprint density at radius 1 is 1.17 bits per heavy atom. The number of phenols is 1. The summed E-state index contributed by atoms with van der Waals surface area (Å²) in [5.41, 5.74) is 3.86. The van der Waals surface area contributed by atoms with Crippen LogP contribution in [0.15, 0.2) is 36.4 Å². The van der Waals surface area contributed by atoms with E-state index in [9.17, 15) is 23.5 Å². The molecule has 2 rings (SSSR count). The first kappa shape index (κ1) is 17.2. The maximum absolute atomic E-state index is 13.5. The van der Waals surface area contributed by atoms with Crippen molar-refractivity contribution in [2.75, 3.05) is 7.11 Å². The van der Waals surface area contributed by atoms with Gasteiger partial charge in [-0.1, -0.05) is 18.2 Å². The first-order chi connectivity index (χ1) is 11.4. The van der Waals surface area contributed by atoms with Gasteiger partial charge in [-0.3, -0.25) is 20.4 Å². The standard InChI is InChI=1S/C16H14F2N2O4/c1-24-13-5-3-2-4-9(13)6-14(22)19-20-16(23)15-11(18)7-10(17)8-12(15)21/h2-5,7-8,21H,6H2,1H3,(H,19,22)(H,20,23). The molecule has 2 aromatic rings. The van der Waals surface area contributed by atoms with Gasteiger partial charge in [0.15, 0.2) is 0 Å². The topological polar surface area (TPSA) is 87.7 Å². The summed E-state index contributed by atoms with van der Waals surface area (Å²) in [6, 6.07) is 7.84. The summed E-state index contributed by atoms with van der Waals surface area (Å²) < 4.78 is 31.5. The number of ether oxygens (including phenoxy) is 1. The average Bonchev–Trinajstić information content (AvgIpc) is 2.52. The lowest BCUT2D eigenvalue weighted by Crippen LogP contribution is -2.42. The molecular weight excluding hydrogens is 322 g/mol. The minimum Gasteiger partial charge on any atom is -0.507 e. The molecule has 6 nitrogen and oxygen atoms in total. The van der Waals surface area contributed by atoms with E-state index in [0.717, 1.165) is 0 Å². The van der Waals surface area contributed by atoms with Gasteiger partial charge in [-0.2, -0.15) is 0 Å². The number of nitrogens with one attached hydrogen (secondary N) is 2. The molecule has 0 unspecified atom stereocenters. The molecule has 0 radical (unpaired) electrons. The molecule has 0 saturated carbocycles. The van der Waals surface area contributed by atoms with Crippen molar-refractivity contribution in [3.05, 3.63) is 59.2 Å². The smallest absolute Gasteiger partial charge is 0.276 e. The lowest BCUT2D eigenvalue weighted by atomic mass is 10.1. The Kier molecular flexibility index (Phi) is 5.31. The third-order valence-electron chi connectivity index (χ3n) is 3.12. The zero-order chi connectivity index (χ0) is 17.7. The predicted octanol–water partition coefficient (Wildman–Crippen LogP) is 1.68. The number of benzene rings is 2. The first-order valence-electron chi connectivity index (χ1n) is 6.81. The van der Waals surface area contributed by atoms with Gasteiger partial charge in [-0.15, -0.1) is 0 Å². The summed E-state index contributed by atoms with van der Waals surface area (Å²) in [5.74, 6) is -4.34. The molecule has 126 valence electrons. The number of halogens is 2. The van der Waals surface area contributed by atoms with E-state index in [1.165, 1.54) is 7.11 Å². The Morgan fingerprint density at radius 2 is 1.88 bits per heavy atom. The normalized spacial score (nSPS) is 10.1. The van der Waals surface area contributed by atoms with Crippen LogP contribution in [0.2, 0.25) is 0 Å². The molecule has 0 aliphatic rings. The van der Waals surface area contributed by atoms with Crippen molar-refractivity contribution in [1.82, 2.24) is 10.9 Å². The van der Waals surface area contributed by atoms with E-state index in [4.69, 9.17) is 4.74 Å². The van der Waals surface area contributed by atoms with Crippen molar-refractivity contribution >= 4 is 11.8 Å². The molecule has 0 aliphatic heterocycles. The Bertz CT molecular complexity index is 757. The molecule has 0 spiro atoms. The highest BCUT2D eigenvalue weighted by molar-refractivity contribution is 5.98. The highest BCUT2D eigenvalue weighted by Crippen LogP contribution is 2.21. The van der Waals surface area contributed by atoms with Gasteiger partial charge < -0.3 is 9.84 Å². The zero-order valence-corrected chi connectivity index (χ0v) is 12.6. The zero-order valence-electron chi connectivity index (χ0n) is 12.6. The van der Waals surface area contributed by atoms with E-state index < -0.39 is 34.8 Å². The number of para-hydroxylation sites is 1. The third kappa shape index (κ3) is 3.97. The average molecular weight is 336 g/mol. The van der Waals surface area contributed by atoms with Crippen molar-refractivity contribution < 1.29 is 28.2 Å². The molecule has 0 aromatic heterocycles. The fourth-order valence-electron chi connectivity index (χ4n) is 2.04. The largest absolute Gasteiger partial charge is 0.507 e. The van der Waals surface area contributed by atoms with Gasteiger partial charge in [0.1, 0.15) is 28.7 Å². The number of hydrogen-bond acceptors (Lipinski definition) is 4. The molecular formula is C16H14F2N2O4. The second-order valence-corrected chi connectivity index (χ2v) is 4.77. The van der Waals surface area contributed by atoms with E-state index in [-0.39, 0.29) is 6.42 Å². The van der Waals surface area contributed by atoms with Crippen LogP contribution in [0.25, 0.3) is 0 Å². The fourth-order valence-corrected chi connectivity index (χ4v) is 2.04. The number of aromatic hydroxyl groups is 1. The maximum atomic E-state index is 13.5. The monoisotopic (exact) mass is 336 g/mol. The summed E-state index contributed by atoms with van der Waals surface area (Å²) >= 11 is 0. The molecule has 2 amide bonds. The molecule has 3 N–H and O–H groups in total. The molecule has 0 fully saturated rings. The quantitative estimate of drug-likeness (QED) is 0.742. The number of rotatable bonds is 4. The lowest BCUT2D eigenvalue weighted by molar-refractivity contribution is -0.121. The minimum absolute atomic E-state index is 0.0951. The number of hydrazine groups is 1. The van der Waals surface area contributed by atoms with Gasteiger partial charge in [-0.05, 0) is 6.07 Å². The Labute approximate surface area is 136 Å². The van der Waals surface area contributed by atoms with E-state index >= 15 is 0 Å². The Hall–Kier alpha value is -3.16. The highest BCUT2D eigenvalue weighted by Gasteiger charge is 2.19. The van der Waals surface area contributed by atoms with Crippen LogP contribution in [0.3, 0.4) is 0 Å². The van der Waals surface area contributed by atoms with Gasteiger partial charge in [0.25, 0.3) is 5.91 Å². The number of methoxy groups -OCH3 is 1. The summed E-state index contributed by atoms with van der Waals surface area (Å²) in [6.45, 7) is 0.